The van der Waals surface area contributed by atoms with Crippen molar-refractivity contribution in [1.29, 1.82) is 0 Å². The van der Waals surface area contributed by atoms with Crippen molar-refractivity contribution < 1.29 is 14.6 Å². The Morgan fingerprint density at radius 3 is 2.90 bits per heavy atom. The first-order valence-corrected chi connectivity index (χ1v) is 8.18. The molecule has 1 aliphatic heterocycles. The van der Waals surface area contributed by atoms with Gasteiger partial charge >= 0.3 is 5.97 Å². The number of nitrogens with zero attached hydrogens (tertiary/aromatic N) is 1. The third kappa shape index (κ3) is 4.19. The van der Waals surface area contributed by atoms with Gasteiger partial charge in [-0.25, -0.2) is 0 Å². The van der Waals surface area contributed by atoms with E-state index in [9.17, 15) is 9.90 Å². The highest BCUT2D eigenvalue weighted by Crippen LogP contribution is 2.26. The number of hydrogen-bond donors (Lipinski definition) is 1. The quantitative estimate of drug-likeness (QED) is 0.826. The van der Waals surface area contributed by atoms with Crippen molar-refractivity contribution in [3.8, 4) is 0 Å². The fraction of sp³-hybridized carbons (Fsp3) is 0.533. The lowest BCUT2D eigenvalue weighted by Gasteiger charge is -2.30. The number of ether oxygens (including phenoxy) is 1. The normalized spacial score (nSPS) is 21.9. The van der Waals surface area contributed by atoms with Crippen LogP contribution in [-0.4, -0.2) is 41.8 Å². The minimum absolute atomic E-state index is 0.0787. The predicted octanol–water partition coefficient (Wildman–Crippen LogP) is 3.41. The number of hydrogen-bond acceptors (Lipinski definition) is 3. The monoisotopic (exact) mass is 375 g/mol. The molecule has 0 bridgehead atoms. The minimum Gasteiger partial charge on any atom is -0.481 e. The van der Waals surface area contributed by atoms with E-state index in [4.69, 9.17) is 16.3 Å². The van der Waals surface area contributed by atoms with Crippen LogP contribution in [0, 0.1) is 5.92 Å². The third-order valence-corrected chi connectivity index (χ3v) is 4.71. The lowest BCUT2D eigenvalue weighted by atomic mass is 10.0. The zero-order valence-corrected chi connectivity index (χ0v) is 14.2. The fourth-order valence-corrected chi connectivity index (χ4v) is 3.46. The van der Waals surface area contributed by atoms with E-state index < -0.39 is 11.9 Å². The molecule has 1 aromatic rings. The molecule has 2 atom stereocenters. The summed E-state index contributed by atoms with van der Waals surface area (Å²) >= 11 is 9.49. The molecule has 116 valence electrons. The molecule has 21 heavy (non-hydrogen) atoms. The number of carboxylic acids is 1. The van der Waals surface area contributed by atoms with Gasteiger partial charge in [0.25, 0.3) is 0 Å². The summed E-state index contributed by atoms with van der Waals surface area (Å²) in [6.07, 6.45) is 0.966. The molecule has 4 nitrogen and oxygen atoms in total. The van der Waals surface area contributed by atoms with Gasteiger partial charge in [-0.1, -0.05) is 40.5 Å². The number of aliphatic carboxylic acids is 1. The summed E-state index contributed by atoms with van der Waals surface area (Å²) in [7, 11) is 0. The topological polar surface area (TPSA) is 49.8 Å². The van der Waals surface area contributed by atoms with Crippen molar-refractivity contribution in [1.82, 2.24) is 4.90 Å². The standard InChI is InChI=1S/C15H19BrClNO3/c1-2-5-18(14-9-21-8-12(14)15(19)20)7-10-3-4-11(17)6-13(10)16/h3-4,6,12,14H,2,5,7-9H2,1H3,(H,19,20). The molecule has 0 saturated carbocycles. The van der Waals surface area contributed by atoms with Gasteiger partial charge in [0.2, 0.25) is 0 Å². The van der Waals surface area contributed by atoms with Gasteiger partial charge in [0, 0.05) is 22.1 Å². The Balaban J connectivity index is 2.16. The first kappa shape index (κ1) is 16.7. The van der Waals surface area contributed by atoms with Crippen LogP contribution >= 0.6 is 27.5 Å². The number of carbonyl (C=O) groups is 1. The summed E-state index contributed by atoms with van der Waals surface area (Å²) in [6.45, 7) is 4.38. The molecule has 0 aromatic heterocycles. The van der Waals surface area contributed by atoms with E-state index >= 15 is 0 Å². The van der Waals surface area contributed by atoms with Gasteiger partial charge in [-0.05, 0) is 30.7 Å². The van der Waals surface area contributed by atoms with E-state index in [0.29, 0.717) is 24.8 Å². The number of benzene rings is 1. The summed E-state index contributed by atoms with van der Waals surface area (Å²) in [6, 6.07) is 5.61. The predicted molar refractivity (Wildman–Crippen MR) is 85.6 cm³/mol. The summed E-state index contributed by atoms with van der Waals surface area (Å²) in [5.74, 6) is -1.24. The van der Waals surface area contributed by atoms with Gasteiger partial charge in [-0.3, -0.25) is 9.69 Å². The summed E-state index contributed by atoms with van der Waals surface area (Å²) in [5.41, 5.74) is 1.10. The fourth-order valence-electron chi connectivity index (χ4n) is 2.66. The van der Waals surface area contributed by atoms with Gasteiger partial charge in [0.05, 0.1) is 19.1 Å². The van der Waals surface area contributed by atoms with E-state index in [-0.39, 0.29) is 6.04 Å². The van der Waals surface area contributed by atoms with Crippen molar-refractivity contribution in [2.24, 2.45) is 5.92 Å². The van der Waals surface area contributed by atoms with E-state index in [1.165, 1.54) is 0 Å². The maximum absolute atomic E-state index is 11.4. The van der Waals surface area contributed by atoms with Crippen LogP contribution < -0.4 is 0 Å². The number of carboxylic acid groups (broad SMARTS) is 1. The Labute approximate surface area is 138 Å². The molecule has 0 radical (unpaired) electrons. The van der Waals surface area contributed by atoms with Gasteiger partial charge in [-0.15, -0.1) is 0 Å². The highest BCUT2D eigenvalue weighted by Gasteiger charge is 2.37. The van der Waals surface area contributed by atoms with Crippen molar-refractivity contribution in [2.45, 2.75) is 25.9 Å². The zero-order valence-electron chi connectivity index (χ0n) is 11.9. The van der Waals surface area contributed by atoms with Gasteiger partial charge < -0.3 is 9.84 Å². The summed E-state index contributed by atoms with van der Waals surface area (Å²) in [4.78, 5) is 13.5. The summed E-state index contributed by atoms with van der Waals surface area (Å²) < 4.78 is 6.34. The van der Waals surface area contributed by atoms with Gasteiger partial charge in [0.1, 0.15) is 0 Å². The van der Waals surface area contributed by atoms with E-state index in [1.807, 2.05) is 18.2 Å². The molecule has 0 spiro atoms. The Kier molecular flexibility index (Phi) is 6.05. The molecule has 1 N–H and O–H groups in total. The molecule has 1 aliphatic rings. The van der Waals surface area contributed by atoms with Crippen LogP contribution in [0.3, 0.4) is 0 Å². The minimum atomic E-state index is -0.784. The van der Waals surface area contributed by atoms with Gasteiger partial charge in [-0.2, -0.15) is 0 Å². The molecule has 0 aliphatic carbocycles. The van der Waals surface area contributed by atoms with Gasteiger partial charge in [0.15, 0.2) is 0 Å². The molecule has 1 heterocycles. The largest absolute Gasteiger partial charge is 0.481 e. The second kappa shape index (κ2) is 7.58. The number of rotatable bonds is 6. The lowest BCUT2D eigenvalue weighted by molar-refractivity contribution is -0.143. The van der Waals surface area contributed by atoms with Crippen LogP contribution in [0.25, 0.3) is 0 Å². The second-order valence-electron chi connectivity index (χ2n) is 5.26. The molecule has 6 heteroatoms. The first-order valence-electron chi connectivity index (χ1n) is 7.01. The SMILES string of the molecule is CCCN(Cc1ccc(Cl)cc1Br)C1COCC1C(=O)O. The Bertz CT molecular complexity index is 512. The van der Waals surface area contributed by atoms with Crippen molar-refractivity contribution >= 4 is 33.5 Å². The van der Waals surface area contributed by atoms with Crippen LogP contribution in [0.4, 0.5) is 0 Å². The molecular formula is C15H19BrClNO3. The van der Waals surface area contributed by atoms with Crippen molar-refractivity contribution in [3.63, 3.8) is 0 Å². The van der Waals surface area contributed by atoms with Crippen LogP contribution in [0.5, 0.6) is 0 Å². The maximum Gasteiger partial charge on any atom is 0.310 e. The van der Waals surface area contributed by atoms with Crippen LogP contribution in [0.1, 0.15) is 18.9 Å². The summed E-state index contributed by atoms with van der Waals surface area (Å²) in [5, 5.41) is 10.0. The van der Waals surface area contributed by atoms with Crippen LogP contribution in [-0.2, 0) is 16.1 Å². The Morgan fingerprint density at radius 1 is 1.52 bits per heavy atom. The maximum atomic E-state index is 11.4. The Hall–Kier alpha value is -0.620. The van der Waals surface area contributed by atoms with Crippen molar-refractivity contribution in [2.75, 3.05) is 19.8 Å². The highest BCUT2D eigenvalue weighted by atomic mass is 79.9. The third-order valence-electron chi connectivity index (χ3n) is 3.74. The highest BCUT2D eigenvalue weighted by molar-refractivity contribution is 9.10. The molecule has 1 aromatic carbocycles. The average molecular weight is 377 g/mol. The van der Waals surface area contributed by atoms with E-state index in [1.54, 1.807) is 0 Å². The van der Waals surface area contributed by atoms with Crippen LogP contribution in [0.15, 0.2) is 22.7 Å². The smallest absolute Gasteiger partial charge is 0.310 e. The molecule has 2 rings (SSSR count). The molecule has 1 fully saturated rings. The average Bonchev–Trinajstić information content (AvgIpc) is 2.90. The molecule has 1 saturated heterocycles. The van der Waals surface area contributed by atoms with E-state index in [2.05, 4.69) is 27.8 Å². The van der Waals surface area contributed by atoms with Crippen LogP contribution in [0.2, 0.25) is 5.02 Å². The Morgan fingerprint density at radius 2 is 2.29 bits per heavy atom. The molecule has 2 unspecified atom stereocenters. The lowest BCUT2D eigenvalue weighted by Crippen LogP contribution is -2.43. The number of halogens is 2. The first-order chi connectivity index (χ1) is 10.0. The molecular weight excluding hydrogens is 358 g/mol. The van der Waals surface area contributed by atoms with Crippen molar-refractivity contribution in [3.05, 3.63) is 33.3 Å². The van der Waals surface area contributed by atoms with E-state index in [0.717, 1.165) is 23.0 Å². The second-order valence-corrected chi connectivity index (χ2v) is 6.55. The zero-order chi connectivity index (χ0) is 15.4. The molecule has 0 amide bonds.